The van der Waals surface area contributed by atoms with Crippen LogP contribution in [0.15, 0.2) is 60.7 Å². The summed E-state index contributed by atoms with van der Waals surface area (Å²) in [6.45, 7) is 2.79. The Hall–Kier alpha value is -1.16. The molecule has 0 heterocycles. The van der Waals surface area contributed by atoms with Gasteiger partial charge in [0.2, 0.25) is 0 Å². The molecule has 0 atom stereocenters. The summed E-state index contributed by atoms with van der Waals surface area (Å²) >= 11 is 3.51. The molecule has 0 aliphatic rings. The average Bonchev–Trinajstić information content (AvgIpc) is 2.57. The summed E-state index contributed by atoms with van der Waals surface area (Å²) in [5, 5.41) is 0.973. The van der Waals surface area contributed by atoms with Crippen LogP contribution in [0.25, 0.3) is 0 Å². The average molecular weight is 363 g/mol. The molecule has 0 amide bonds. The van der Waals surface area contributed by atoms with Crippen molar-refractivity contribution in [3.63, 3.8) is 0 Å². The molecule has 0 radical (unpaired) electrons. The van der Waals surface area contributed by atoms with Crippen LogP contribution in [0.2, 0.25) is 0 Å². The second kappa shape index (κ2) is 10.5. The van der Waals surface area contributed by atoms with Gasteiger partial charge < -0.3 is 9.47 Å². The molecular formula is C19H23BrO2. The Morgan fingerprint density at radius 2 is 1.18 bits per heavy atom. The van der Waals surface area contributed by atoms with Crippen molar-refractivity contribution in [3.05, 3.63) is 71.8 Å². The largest absolute Gasteiger partial charge is 0.376 e. The zero-order valence-electron chi connectivity index (χ0n) is 12.8. The molecule has 0 aromatic heterocycles. The van der Waals surface area contributed by atoms with Gasteiger partial charge in [0, 0.05) is 11.2 Å². The predicted molar refractivity (Wildman–Crippen MR) is 94.1 cm³/mol. The molecule has 0 saturated carbocycles. The lowest BCUT2D eigenvalue weighted by molar-refractivity contribution is 0.0262. The molecule has 118 valence electrons. The van der Waals surface area contributed by atoms with Crippen molar-refractivity contribution in [2.24, 2.45) is 5.92 Å². The van der Waals surface area contributed by atoms with Crippen LogP contribution in [0.1, 0.15) is 17.5 Å². The zero-order valence-corrected chi connectivity index (χ0v) is 14.4. The van der Waals surface area contributed by atoms with E-state index in [-0.39, 0.29) is 0 Å². The van der Waals surface area contributed by atoms with Gasteiger partial charge in [0.15, 0.2) is 0 Å². The molecule has 0 N–H and O–H groups in total. The number of halogens is 1. The fraction of sp³-hybridized carbons (Fsp3) is 0.368. The number of ether oxygens (including phenoxy) is 2. The van der Waals surface area contributed by atoms with E-state index in [0.29, 0.717) is 19.1 Å². The van der Waals surface area contributed by atoms with E-state index in [4.69, 9.17) is 9.47 Å². The summed E-state index contributed by atoms with van der Waals surface area (Å²) in [5.41, 5.74) is 2.43. The molecule has 2 aromatic carbocycles. The highest BCUT2D eigenvalue weighted by molar-refractivity contribution is 9.09. The molecule has 0 bridgehead atoms. The molecule has 0 aliphatic carbocycles. The Morgan fingerprint density at radius 1 is 0.727 bits per heavy atom. The van der Waals surface area contributed by atoms with E-state index in [9.17, 15) is 0 Å². The van der Waals surface area contributed by atoms with Crippen molar-refractivity contribution in [1.82, 2.24) is 0 Å². The highest BCUT2D eigenvalue weighted by Gasteiger charge is 2.09. The summed E-state index contributed by atoms with van der Waals surface area (Å²) in [7, 11) is 0. The van der Waals surface area contributed by atoms with E-state index in [2.05, 4.69) is 40.2 Å². The SMILES string of the molecule is BrCCC(COCc1ccccc1)COCc1ccccc1. The first-order valence-electron chi connectivity index (χ1n) is 7.68. The molecule has 0 aliphatic heterocycles. The van der Waals surface area contributed by atoms with Gasteiger partial charge in [-0.2, -0.15) is 0 Å². The number of hydrogen-bond acceptors (Lipinski definition) is 2. The minimum Gasteiger partial charge on any atom is -0.376 e. The summed E-state index contributed by atoms with van der Waals surface area (Å²) in [6.07, 6.45) is 1.06. The maximum atomic E-state index is 5.84. The first kappa shape index (κ1) is 17.2. The van der Waals surface area contributed by atoms with Crippen molar-refractivity contribution in [2.75, 3.05) is 18.5 Å². The Balaban J connectivity index is 1.68. The van der Waals surface area contributed by atoms with Crippen molar-refractivity contribution in [3.8, 4) is 0 Å². The Kier molecular flexibility index (Phi) is 8.24. The van der Waals surface area contributed by atoms with Gasteiger partial charge in [-0.05, 0) is 17.5 Å². The van der Waals surface area contributed by atoms with Gasteiger partial charge in [-0.25, -0.2) is 0 Å². The Labute approximate surface area is 141 Å². The third-order valence-corrected chi connectivity index (χ3v) is 3.91. The molecule has 2 aromatic rings. The van der Waals surface area contributed by atoms with Gasteiger partial charge in [-0.15, -0.1) is 0 Å². The van der Waals surface area contributed by atoms with Crippen molar-refractivity contribution in [1.29, 1.82) is 0 Å². The molecule has 2 rings (SSSR count). The minimum atomic E-state index is 0.423. The Bertz CT molecular complexity index is 456. The third-order valence-electron chi connectivity index (χ3n) is 3.45. The van der Waals surface area contributed by atoms with Crippen LogP contribution in [0, 0.1) is 5.92 Å². The monoisotopic (exact) mass is 362 g/mol. The van der Waals surface area contributed by atoms with E-state index in [0.717, 1.165) is 25.0 Å². The highest BCUT2D eigenvalue weighted by Crippen LogP contribution is 2.11. The molecule has 0 saturated heterocycles. The number of hydrogen-bond donors (Lipinski definition) is 0. The third kappa shape index (κ3) is 6.73. The van der Waals surface area contributed by atoms with E-state index in [1.165, 1.54) is 11.1 Å². The first-order chi connectivity index (χ1) is 10.9. The highest BCUT2D eigenvalue weighted by atomic mass is 79.9. The first-order valence-corrected chi connectivity index (χ1v) is 8.80. The van der Waals surface area contributed by atoms with E-state index in [1.54, 1.807) is 0 Å². The lowest BCUT2D eigenvalue weighted by Crippen LogP contribution is -2.17. The molecule has 0 spiro atoms. The molecule has 0 unspecified atom stereocenters. The second-order valence-corrected chi connectivity index (χ2v) is 6.14. The van der Waals surface area contributed by atoms with Gasteiger partial charge in [0.1, 0.15) is 0 Å². The van der Waals surface area contributed by atoms with E-state index in [1.807, 2.05) is 36.4 Å². The van der Waals surface area contributed by atoms with Crippen LogP contribution in [-0.2, 0) is 22.7 Å². The molecule has 2 nitrogen and oxygen atoms in total. The molecule has 0 fully saturated rings. The van der Waals surface area contributed by atoms with Gasteiger partial charge in [-0.3, -0.25) is 0 Å². The van der Waals surface area contributed by atoms with Crippen molar-refractivity contribution in [2.45, 2.75) is 19.6 Å². The summed E-state index contributed by atoms with van der Waals surface area (Å²) < 4.78 is 11.7. The fourth-order valence-electron chi connectivity index (χ4n) is 2.20. The van der Waals surface area contributed by atoms with Gasteiger partial charge in [-0.1, -0.05) is 76.6 Å². The van der Waals surface area contributed by atoms with Crippen LogP contribution in [0.4, 0.5) is 0 Å². The smallest absolute Gasteiger partial charge is 0.0717 e. The number of rotatable bonds is 10. The van der Waals surface area contributed by atoms with Crippen LogP contribution >= 0.6 is 15.9 Å². The quantitative estimate of drug-likeness (QED) is 0.564. The van der Waals surface area contributed by atoms with Crippen molar-refractivity contribution >= 4 is 15.9 Å². The topological polar surface area (TPSA) is 18.5 Å². The zero-order chi connectivity index (χ0) is 15.5. The summed E-state index contributed by atoms with van der Waals surface area (Å²) in [4.78, 5) is 0. The second-order valence-electron chi connectivity index (χ2n) is 5.35. The van der Waals surface area contributed by atoms with Crippen LogP contribution in [-0.4, -0.2) is 18.5 Å². The number of benzene rings is 2. The van der Waals surface area contributed by atoms with E-state index >= 15 is 0 Å². The van der Waals surface area contributed by atoms with Crippen molar-refractivity contribution < 1.29 is 9.47 Å². The van der Waals surface area contributed by atoms with Gasteiger partial charge in [0.05, 0.1) is 26.4 Å². The maximum Gasteiger partial charge on any atom is 0.0717 e. The van der Waals surface area contributed by atoms with Crippen LogP contribution < -0.4 is 0 Å². The standard InChI is InChI=1S/C19H23BrO2/c20-12-11-19(15-21-13-17-7-3-1-4-8-17)16-22-14-18-9-5-2-6-10-18/h1-10,19H,11-16H2. The van der Waals surface area contributed by atoms with Crippen LogP contribution in [0.5, 0.6) is 0 Å². The molecule has 22 heavy (non-hydrogen) atoms. The van der Waals surface area contributed by atoms with Gasteiger partial charge in [0.25, 0.3) is 0 Å². The lowest BCUT2D eigenvalue weighted by Gasteiger charge is -2.16. The van der Waals surface area contributed by atoms with Gasteiger partial charge >= 0.3 is 0 Å². The minimum absolute atomic E-state index is 0.423. The van der Waals surface area contributed by atoms with E-state index < -0.39 is 0 Å². The molecule has 3 heteroatoms. The van der Waals surface area contributed by atoms with Crippen LogP contribution in [0.3, 0.4) is 0 Å². The summed E-state index contributed by atoms with van der Waals surface area (Å²) in [6, 6.07) is 20.6. The number of alkyl halides is 1. The normalized spacial score (nSPS) is 11.0. The molecular weight excluding hydrogens is 340 g/mol. The maximum absolute atomic E-state index is 5.84. The fourth-order valence-corrected chi connectivity index (χ4v) is 2.85. The summed E-state index contributed by atoms with van der Waals surface area (Å²) in [5.74, 6) is 0.423. The Morgan fingerprint density at radius 3 is 1.59 bits per heavy atom. The predicted octanol–water partition coefficient (Wildman–Crippen LogP) is 4.82. The lowest BCUT2D eigenvalue weighted by atomic mass is 10.1.